The molecule has 1 rings (SSSR count). The first-order valence-corrected chi connectivity index (χ1v) is 5.77. The number of aliphatic hydroxyl groups is 1. The Morgan fingerprint density at radius 2 is 2.21 bits per heavy atom. The van der Waals surface area contributed by atoms with E-state index in [9.17, 15) is 14.9 Å². The molecule has 0 aliphatic carbocycles. The molecule has 1 aromatic rings. The van der Waals surface area contributed by atoms with E-state index in [2.05, 4.69) is 0 Å². The fourth-order valence-corrected chi connectivity index (χ4v) is 1.67. The van der Waals surface area contributed by atoms with Crippen LogP contribution < -0.4 is 4.74 Å². The summed E-state index contributed by atoms with van der Waals surface area (Å²) in [7, 11) is 1.31. The van der Waals surface area contributed by atoms with Gasteiger partial charge in [-0.25, -0.2) is 0 Å². The third-order valence-corrected chi connectivity index (χ3v) is 2.66. The summed E-state index contributed by atoms with van der Waals surface area (Å²) in [6.45, 7) is 2.31. The zero-order chi connectivity index (χ0) is 14.4. The molecule has 104 valence electrons. The highest BCUT2D eigenvalue weighted by molar-refractivity contribution is 5.95. The lowest BCUT2D eigenvalue weighted by Crippen LogP contribution is -2.33. The zero-order valence-electron chi connectivity index (χ0n) is 10.8. The van der Waals surface area contributed by atoms with Crippen LogP contribution in [-0.2, 0) is 0 Å². The highest BCUT2D eigenvalue weighted by Crippen LogP contribution is 2.27. The molecule has 0 radical (unpaired) electrons. The molecular formula is C12H16N2O5. The molecular weight excluding hydrogens is 252 g/mol. The van der Waals surface area contributed by atoms with Gasteiger partial charge in [-0.05, 0) is 13.0 Å². The molecule has 7 heteroatoms. The Balaban J connectivity index is 3.08. The van der Waals surface area contributed by atoms with E-state index in [1.165, 1.54) is 30.2 Å². The highest BCUT2D eigenvalue weighted by atomic mass is 16.6. The lowest BCUT2D eigenvalue weighted by Gasteiger charge is -2.19. The van der Waals surface area contributed by atoms with Crippen LogP contribution >= 0.6 is 0 Å². The van der Waals surface area contributed by atoms with Gasteiger partial charge in [0.15, 0.2) is 5.75 Å². The van der Waals surface area contributed by atoms with Crippen LogP contribution in [-0.4, -0.2) is 47.6 Å². The van der Waals surface area contributed by atoms with E-state index in [-0.39, 0.29) is 36.1 Å². The van der Waals surface area contributed by atoms with Crippen molar-refractivity contribution in [1.82, 2.24) is 4.90 Å². The number of methoxy groups -OCH3 is 1. The van der Waals surface area contributed by atoms with Gasteiger partial charge in [-0.15, -0.1) is 0 Å². The average Bonchev–Trinajstić information content (AvgIpc) is 2.43. The molecule has 0 aliphatic heterocycles. The van der Waals surface area contributed by atoms with E-state index in [0.717, 1.165) is 0 Å². The number of amides is 1. The smallest absolute Gasteiger partial charge is 0.310 e. The molecule has 0 fully saturated rings. The molecule has 0 saturated carbocycles. The largest absolute Gasteiger partial charge is 0.490 e. The Morgan fingerprint density at radius 3 is 2.68 bits per heavy atom. The number of nitro benzene ring substituents is 1. The number of rotatable bonds is 6. The lowest BCUT2D eigenvalue weighted by molar-refractivity contribution is -0.385. The number of likely N-dealkylation sites (N-methyl/N-ethyl adjacent to an activating group) is 1. The minimum absolute atomic E-state index is 0.0379. The quantitative estimate of drug-likeness (QED) is 0.615. The van der Waals surface area contributed by atoms with Gasteiger partial charge >= 0.3 is 5.69 Å². The molecule has 0 bridgehead atoms. The first kappa shape index (κ1) is 14.9. The molecule has 0 aliphatic rings. The maximum Gasteiger partial charge on any atom is 0.310 e. The number of aliphatic hydroxyl groups excluding tert-OH is 1. The fraction of sp³-hybridized carbons (Fsp3) is 0.417. The van der Waals surface area contributed by atoms with Crippen LogP contribution in [0.4, 0.5) is 5.69 Å². The van der Waals surface area contributed by atoms with E-state index in [1.807, 2.05) is 0 Å². The van der Waals surface area contributed by atoms with Gasteiger partial charge < -0.3 is 14.7 Å². The number of benzene rings is 1. The zero-order valence-corrected chi connectivity index (χ0v) is 10.8. The van der Waals surface area contributed by atoms with Crippen LogP contribution in [0.5, 0.6) is 5.75 Å². The summed E-state index contributed by atoms with van der Waals surface area (Å²) in [5.74, 6) is -0.263. The van der Waals surface area contributed by atoms with Crippen molar-refractivity contribution in [3.8, 4) is 5.75 Å². The molecule has 1 N–H and O–H groups in total. The molecule has 0 unspecified atom stereocenters. The first-order valence-electron chi connectivity index (χ1n) is 5.77. The summed E-state index contributed by atoms with van der Waals surface area (Å²) in [6.07, 6.45) is 0. The predicted molar refractivity (Wildman–Crippen MR) is 68.3 cm³/mol. The number of hydrogen-bond donors (Lipinski definition) is 1. The molecule has 0 spiro atoms. The van der Waals surface area contributed by atoms with Gasteiger partial charge in [0, 0.05) is 30.8 Å². The van der Waals surface area contributed by atoms with E-state index < -0.39 is 4.92 Å². The van der Waals surface area contributed by atoms with Crippen molar-refractivity contribution in [2.75, 3.05) is 26.8 Å². The van der Waals surface area contributed by atoms with Crippen LogP contribution in [0.2, 0.25) is 0 Å². The minimum atomic E-state index is -0.571. The van der Waals surface area contributed by atoms with Gasteiger partial charge in [0.1, 0.15) is 0 Å². The summed E-state index contributed by atoms with van der Waals surface area (Å²) in [4.78, 5) is 23.7. The lowest BCUT2D eigenvalue weighted by atomic mass is 10.1. The number of carbonyl (C=O) groups excluding carboxylic acids is 1. The van der Waals surface area contributed by atoms with Crippen molar-refractivity contribution >= 4 is 11.6 Å². The van der Waals surface area contributed by atoms with Crippen molar-refractivity contribution in [3.05, 3.63) is 33.9 Å². The number of nitro groups is 1. The third-order valence-electron chi connectivity index (χ3n) is 2.66. The molecule has 0 saturated heterocycles. The Morgan fingerprint density at radius 1 is 1.53 bits per heavy atom. The Labute approximate surface area is 110 Å². The van der Waals surface area contributed by atoms with Crippen molar-refractivity contribution in [2.45, 2.75) is 6.92 Å². The number of nitrogens with zero attached hydrogens (tertiary/aromatic N) is 2. The topological polar surface area (TPSA) is 92.9 Å². The maximum atomic E-state index is 12.1. The second kappa shape index (κ2) is 6.69. The predicted octanol–water partition coefficient (Wildman–Crippen LogP) is 1.06. The third kappa shape index (κ3) is 3.41. The van der Waals surface area contributed by atoms with Crippen molar-refractivity contribution in [2.24, 2.45) is 0 Å². The van der Waals surface area contributed by atoms with E-state index in [1.54, 1.807) is 6.92 Å². The second-order valence-electron chi connectivity index (χ2n) is 3.75. The summed E-state index contributed by atoms with van der Waals surface area (Å²) in [6, 6.07) is 3.95. The molecule has 1 amide bonds. The first-order chi connectivity index (χ1) is 9.04. The van der Waals surface area contributed by atoms with Crippen LogP contribution in [0.25, 0.3) is 0 Å². The van der Waals surface area contributed by atoms with Crippen LogP contribution in [0, 0.1) is 10.1 Å². The van der Waals surface area contributed by atoms with Crippen LogP contribution in [0.3, 0.4) is 0 Å². The summed E-state index contributed by atoms with van der Waals surface area (Å²) < 4.78 is 4.91. The Hall–Kier alpha value is -2.15. The van der Waals surface area contributed by atoms with Gasteiger partial charge in [0.2, 0.25) is 0 Å². The monoisotopic (exact) mass is 268 g/mol. The van der Waals surface area contributed by atoms with Crippen LogP contribution in [0.15, 0.2) is 18.2 Å². The summed E-state index contributed by atoms with van der Waals surface area (Å²) >= 11 is 0. The van der Waals surface area contributed by atoms with Crippen molar-refractivity contribution in [3.63, 3.8) is 0 Å². The standard InChI is InChI=1S/C12H16N2O5/c1-3-13(6-7-15)12(16)9-4-5-10(14(17)18)11(8-9)19-2/h4-5,8,15H,3,6-7H2,1-2H3. The second-order valence-corrected chi connectivity index (χ2v) is 3.75. The molecule has 7 nitrogen and oxygen atoms in total. The summed E-state index contributed by atoms with van der Waals surface area (Å²) in [5.41, 5.74) is 0.0991. The van der Waals surface area contributed by atoms with E-state index in [0.29, 0.717) is 6.54 Å². The summed E-state index contributed by atoms with van der Waals surface area (Å²) in [5, 5.41) is 19.6. The van der Waals surface area contributed by atoms with Gasteiger partial charge in [-0.1, -0.05) is 0 Å². The molecule has 1 aromatic carbocycles. The fourth-order valence-electron chi connectivity index (χ4n) is 1.67. The van der Waals surface area contributed by atoms with E-state index >= 15 is 0 Å². The van der Waals surface area contributed by atoms with E-state index in [4.69, 9.17) is 9.84 Å². The molecule has 0 heterocycles. The Kier molecular flexibility index (Phi) is 5.25. The minimum Gasteiger partial charge on any atom is -0.490 e. The van der Waals surface area contributed by atoms with Crippen molar-refractivity contribution in [1.29, 1.82) is 0 Å². The number of hydrogen-bond acceptors (Lipinski definition) is 5. The Bertz CT molecular complexity index is 475. The van der Waals surface area contributed by atoms with Gasteiger partial charge in [-0.3, -0.25) is 14.9 Å². The number of carbonyl (C=O) groups is 1. The molecule has 19 heavy (non-hydrogen) atoms. The van der Waals surface area contributed by atoms with Crippen molar-refractivity contribution < 1.29 is 19.6 Å². The average molecular weight is 268 g/mol. The SMILES string of the molecule is CCN(CCO)C(=O)c1ccc([N+](=O)[O-])c(OC)c1. The number of ether oxygens (including phenoxy) is 1. The molecule has 0 atom stereocenters. The van der Waals surface area contributed by atoms with Gasteiger partial charge in [0.05, 0.1) is 18.6 Å². The molecule has 0 aromatic heterocycles. The maximum absolute atomic E-state index is 12.1. The highest BCUT2D eigenvalue weighted by Gasteiger charge is 2.19. The van der Waals surface area contributed by atoms with Gasteiger partial charge in [-0.2, -0.15) is 0 Å². The van der Waals surface area contributed by atoms with Gasteiger partial charge in [0.25, 0.3) is 5.91 Å². The van der Waals surface area contributed by atoms with Crippen LogP contribution in [0.1, 0.15) is 17.3 Å². The normalized spacial score (nSPS) is 10.1.